The number of rotatable bonds is 2. The van der Waals surface area contributed by atoms with Crippen LogP contribution >= 0.6 is 0 Å². The van der Waals surface area contributed by atoms with Gasteiger partial charge in [-0.15, -0.1) is 0 Å². The SMILES string of the molecule is Cc1ccc(C2=NNC(=O)CC2)cc1[N+](=O)[O-]. The number of hydrogen-bond donors (Lipinski definition) is 1. The number of carbonyl (C=O) groups is 1. The quantitative estimate of drug-likeness (QED) is 0.620. The third-order valence-corrected chi connectivity index (χ3v) is 2.64. The van der Waals surface area contributed by atoms with E-state index in [-0.39, 0.29) is 11.6 Å². The Hall–Kier alpha value is -2.24. The molecule has 0 atom stereocenters. The molecule has 17 heavy (non-hydrogen) atoms. The summed E-state index contributed by atoms with van der Waals surface area (Å²) in [6, 6.07) is 4.96. The Labute approximate surface area is 97.5 Å². The summed E-state index contributed by atoms with van der Waals surface area (Å²) < 4.78 is 0. The van der Waals surface area contributed by atoms with E-state index in [2.05, 4.69) is 10.5 Å². The molecule has 1 aromatic rings. The van der Waals surface area contributed by atoms with Crippen molar-refractivity contribution >= 4 is 17.3 Å². The Morgan fingerprint density at radius 1 is 1.41 bits per heavy atom. The zero-order valence-corrected chi connectivity index (χ0v) is 9.27. The fourth-order valence-electron chi connectivity index (χ4n) is 1.67. The Bertz CT molecular complexity index is 523. The minimum absolute atomic E-state index is 0.0714. The van der Waals surface area contributed by atoms with Crippen LogP contribution in [0, 0.1) is 17.0 Å². The number of aryl methyl sites for hydroxylation is 1. The van der Waals surface area contributed by atoms with Crippen LogP contribution in [-0.2, 0) is 4.79 Å². The molecule has 0 aromatic heterocycles. The van der Waals surface area contributed by atoms with Gasteiger partial charge in [-0.25, -0.2) is 5.43 Å². The number of nitrogens with zero attached hydrogens (tertiary/aromatic N) is 2. The first-order chi connectivity index (χ1) is 8.08. The first-order valence-corrected chi connectivity index (χ1v) is 5.19. The largest absolute Gasteiger partial charge is 0.273 e. The summed E-state index contributed by atoms with van der Waals surface area (Å²) in [5.41, 5.74) is 4.41. The lowest BCUT2D eigenvalue weighted by Crippen LogP contribution is -2.25. The van der Waals surface area contributed by atoms with Crippen LogP contribution in [-0.4, -0.2) is 16.5 Å². The Morgan fingerprint density at radius 3 is 2.76 bits per heavy atom. The number of hydrazone groups is 1. The lowest BCUT2D eigenvalue weighted by atomic mass is 10.0. The zero-order valence-electron chi connectivity index (χ0n) is 9.27. The normalized spacial score (nSPS) is 15.1. The van der Waals surface area contributed by atoms with Gasteiger partial charge in [-0.1, -0.05) is 12.1 Å². The highest BCUT2D eigenvalue weighted by Gasteiger charge is 2.17. The van der Waals surface area contributed by atoms with Crippen LogP contribution in [0.1, 0.15) is 24.0 Å². The van der Waals surface area contributed by atoms with Crippen molar-refractivity contribution in [3.05, 3.63) is 39.4 Å². The van der Waals surface area contributed by atoms with Gasteiger partial charge in [0.25, 0.3) is 5.69 Å². The summed E-state index contributed by atoms with van der Waals surface area (Å²) >= 11 is 0. The van der Waals surface area contributed by atoms with E-state index < -0.39 is 4.92 Å². The molecule has 0 saturated heterocycles. The van der Waals surface area contributed by atoms with Crippen molar-refractivity contribution < 1.29 is 9.72 Å². The molecular weight excluding hydrogens is 222 g/mol. The Morgan fingerprint density at radius 2 is 2.18 bits per heavy atom. The number of nitro benzene ring substituents is 1. The van der Waals surface area contributed by atoms with Crippen molar-refractivity contribution in [3.63, 3.8) is 0 Å². The number of amides is 1. The van der Waals surface area contributed by atoms with Gasteiger partial charge in [-0.2, -0.15) is 5.10 Å². The third-order valence-electron chi connectivity index (χ3n) is 2.64. The second-order valence-electron chi connectivity index (χ2n) is 3.85. The zero-order chi connectivity index (χ0) is 12.4. The van der Waals surface area contributed by atoms with Crippen molar-refractivity contribution in [1.82, 2.24) is 5.43 Å². The molecule has 1 N–H and O–H groups in total. The number of nitro groups is 1. The highest BCUT2D eigenvalue weighted by atomic mass is 16.6. The number of carbonyl (C=O) groups excluding carboxylic acids is 1. The third kappa shape index (κ3) is 2.30. The van der Waals surface area contributed by atoms with E-state index in [4.69, 9.17) is 0 Å². The molecule has 0 unspecified atom stereocenters. The first-order valence-electron chi connectivity index (χ1n) is 5.19. The molecule has 0 fully saturated rings. The van der Waals surface area contributed by atoms with E-state index >= 15 is 0 Å². The van der Waals surface area contributed by atoms with Crippen molar-refractivity contribution in [2.24, 2.45) is 5.10 Å². The predicted molar refractivity (Wildman–Crippen MR) is 61.7 cm³/mol. The molecule has 1 heterocycles. The van der Waals surface area contributed by atoms with E-state index in [0.717, 1.165) is 0 Å². The smallest absolute Gasteiger partial charge is 0.272 e. The van der Waals surface area contributed by atoms with Gasteiger partial charge in [0, 0.05) is 30.0 Å². The van der Waals surface area contributed by atoms with Gasteiger partial charge in [0.15, 0.2) is 0 Å². The number of hydrogen-bond acceptors (Lipinski definition) is 4. The summed E-state index contributed by atoms with van der Waals surface area (Å²) in [7, 11) is 0. The number of benzene rings is 1. The molecule has 0 spiro atoms. The Balaban J connectivity index is 2.37. The van der Waals surface area contributed by atoms with Gasteiger partial charge in [-0.05, 0) is 6.92 Å². The molecule has 6 nitrogen and oxygen atoms in total. The molecule has 1 aliphatic heterocycles. The van der Waals surface area contributed by atoms with E-state index in [1.54, 1.807) is 19.1 Å². The minimum Gasteiger partial charge on any atom is -0.273 e. The molecule has 2 rings (SSSR count). The molecule has 1 aromatic carbocycles. The highest BCUT2D eigenvalue weighted by molar-refractivity contribution is 6.04. The fraction of sp³-hybridized carbons (Fsp3) is 0.273. The molecule has 0 bridgehead atoms. The summed E-state index contributed by atoms with van der Waals surface area (Å²) in [5, 5.41) is 14.7. The molecule has 0 radical (unpaired) electrons. The molecule has 1 amide bonds. The highest BCUT2D eigenvalue weighted by Crippen LogP contribution is 2.21. The minimum atomic E-state index is -0.416. The van der Waals surface area contributed by atoms with Crippen LogP contribution < -0.4 is 5.43 Å². The number of nitrogens with one attached hydrogen (secondary N) is 1. The second kappa shape index (κ2) is 4.32. The standard InChI is InChI=1S/C11H11N3O3/c1-7-2-3-8(6-10(7)14(16)17)9-4-5-11(15)13-12-9/h2-3,6H,4-5H2,1H3,(H,13,15). The van der Waals surface area contributed by atoms with Crippen LogP contribution in [0.5, 0.6) is 0 Å². The topological polar surface area (TPSA) is 84.6 Å². The van der Waals surface area contributed by atoms with Gasteiger partial charge >= 0.3 is 0 Å². The van der Waals surface area contributed by atoms with Gasteiger partial charge in [-0.3, -0.25) is 14.9 Å². The van der Waals surface area contributed by atoms with E-state index in [1.807, 2.05) is 0 Å². The van der Waals surface area contributed by atoms with Crippen molar-refractivity contribution in [1.29, 1.82) is 0 Å². The summed E-state index contributed by atoms with van der Waals surface area (Å²) in [6.07, 6.45) is 0.868. The first kappa shape index (κ1) is 11.3. The molecule has 6 heteroatoms. The predicted octanol–water partition coefficient (Wildman–Crippen LogP) is 1.52. The van der Waals surface area contributed by atoms with Crippen molar-refractivity contribution in [2.45, 2.75) is 19.8 Å². The van der Waals surface area contributed by atoms with E-state index in [9.17, 15) is 14.9 Å². The second-order valence-corrected chi connectivity index (χ2v) is 3.85. The van der Waals surface area contributed by atoms with E-state index in [1.165, 1.54) is 6.07 Å². The lowest BCUT2D eigenvalue weighted by Gasteiger charge is -2.12. The fourth-order valence-corrected chi connectivity index (χ4v) is 1.67. The van der Waals surface area contributed by atoms with Gasteiger partial charge in [0.2, 0.25) is 5.91 Å². The molecule has 1 aliphatic rings. The molecule has 88 valence electrons. The molecule has 0 aliphatic carbocycles. The summed E-state index contributed by atoms with van der Waals surface area (Å²) in [6.45, 7) is 1.69. The maximum atomic E-state index is 10.9. The van der Waals surface area contributed by atoms with Gasteiger partial charge in [0.05, 0.1) is 10.6 Å². The van der Waals surface area contributed by atoms with Crippen LogP contribution in [0.3, 0.4) is 0 Å². The summed E-state index contributed by atoms with van der Waals surface area (Å²) in [5.74, 6) is -0.129. The van der Waals surface area contributed by atoms with Crippen molar-refractivity contribution in [3.8, 4) is 0 Å². The maximum Gasteiger partial charge on any atom is 0.272 e. The van der Waals surface area contributed by atoms with E-state index in [0.29, 0.717) is 29.7 Å². The molecule has 0 saturated carbocycles. The van der Waals surface area contributed by atoms with Crippen LogP contribution in [0.2, 0.25) is 0 Å². The van der Waals surface area contributed by atoms with Gasteiger partial charge in [0.1, 0.15) is 0 Å². The lowest BCUT2D eigenvalue weighted by molar-refractivity contribution is -0.385. The van der Waals surface area contributed by atoms with Crippen LogP contribution in [0.15, 0.2) is 23.3 Å². The monoisotopic (exact) mass is 233 g/mol. The maximum absolute atomic E-state index is 10.9. The van der Waals surface area contributed by atoms with Crippen LogP contribution in [0.4, 0.5) is 5.69 Å². The Kier molecular flexibility index (Phi) is 2.86. The van der Waals surface area contributed by atoms with Crippen LogP contribution in [0.25, 0.3) is 0 Å². The van der Waals surface area contributed by atoms with Crippen molar-refractivity contribution in [2.75, 3.05) is 0 Å². The average molecular weight is 233 g/mol. The molecular formula is C11H11N3O3. The van der Waals surface area contributed by atoms with Gasteiger partial charge < -0.3 is 0 Å². The average Bonchev–Trinajstić information content (AvgIpc) is 2.30. The summed E-state index contributed by atoms with van der Waals surface area (Å²) in [4.78, 5) is 21.3.